The fourth-order valence-corrected chi connectivity index (χ4v) is 4.35. The predicted molar refractivity (Wildman–Crippen MR) is 99.0 cm³/mol. The monoisotopic (exact) mass is 351 g/mol. The number of nitrogens with zero attached hydrogens (tertiary/aromatic N) is 1. The fraction of sp³-hybridized carbons (Fsp3) is 0.789. The smallest absolute Gasteiger partial charge is 0.348 e. The number of nitriles is 1. The molecule has 3 unspecified atom stereocenters. The zero-order valence-corrected chi connectivity index (χ0v) is 17.1. The highest BCUT2D eigenvalue weighted by Gasteiger charge is 2.41. The minimum absolute atomic E-state index is 0.139. The van der Waals surface area contributed by atoms with Gasteiger partial charge in [-0.2, -0.15) is 5.26 Å². The molecule has 0 radical (unpaired) electrons. The summed E-state index contributed by atoms with van der Waals surface area (Å²) in [6.45, 7) is 16.7. The van der Waals surface area contributed by atoms with Gasteiger partial charge in [0.2, 0.25) is 0 Å². The van der Waals surface area contributed by atoms with E-state index in [1.807, 2.05) is 6.92 Å². The molecule has 0 amide bonds. The number of carbonyl (C=O) groups excluding carboxylic acids is 1. The molecule has 4 nitrogen and oxygen atoms in total. The summed E-state index contributed by atoms with van der Waals surface area (Å²) in [6, 6.07) is 1.74. The van der Waals surface area contributed by atoms with E-state index in [1.54, 1.807) is 6.07 Å². The lowest BCUT2D eigenvalue weighted by molar-refractivity contribution is -0.144. The van der Waals surface area contributed by atoms with E-state index in [2.05, 4.69) is 40.4 Å². The molecule has 136 valence electrons. The van der Waals surface area contributed by atoms with Crippen LogP contribution in [0.1, 0.15) is 59.8 Å². The van der Waals surface area contributed by atoms with Crippen LogP contribution in [-0.4, -0.2) is 26.5 Å². The van der Waals surface area contributed by atoms with Crippen molar-refractivity contribution in [1.82, 2.24) is 0 Å². The van der Waals surface area contributed by atoms with Crippen LogP contribution in [0.2, 0.25) is 18.1 Å². The molecule has 1 fully saturated rings. The number of ether oxygens (including phenoxy) is 1. The van der Waals surface area contributed by atoms with Gasteiger partial charge in [-0.25, -0.2) is 4.79 Å². The zero-order valence-electron chi connectivity index (χ0n) is 16.1. The number of carbonyl (C=O) groups is 1. The molecule has 1 aliphatic rings. The lowest BCUT2D eigenvalue weighted by Gasteiger charge is -2.43. The van der Waals surface area contributed by atoms with Crippen molar-refractivity contribution in [2.75, 3.05) is 0 Å². The van der Waals surface area contributed by atoms with Crippen molar-refractivity contribution >= 4 is 14.3 Å². The molecule has 0 aliphatic heterocycles. The van der Waals surface area contributed by atoms with E-state index in [0.29, 0.717) is 5.92 Å². The van der Waals surface area contributed by atoms with E-state index < -0.39 is 14.3 Å². The van der Waals surface area contributed by atoms with Crippen LogP contribution in [0.5, 0.6) is 0 Å². The van der Waals surface area contributed by atoms with Gasteiger partial charge in [0, 0.05) is 6.10 Å². The van der Waals surface area contributed by atoms with Crippen LogP contribution in [0.25, 0.3) is 0 Å². The van der Waals surface area contributed by atoms with Crippen molar-refractivity contribution in [3.8, 4) is 6.07 Å². The van der Waals surface area contributed by atoms with E-state index in [0.717, 1.165) is 19.3 Å². The van der Waals surface area contributed by atoms with Crippen LogP contribution >= 0.6 is 0 Å². The maximum atomic E-state index is 11.7. The van der Waals surface area contributed by atoms with Gasteiger partial charge in [0.05, 0.1) is 6.10 Å². The number of esters is 1. The average molecular weight is 352 g/mol. The van der Waals surface area contributed by atoms with Crippen LogP contribution in [0.4, 0.5) is 0 Å². The van der Waals surface area contributed by atoms with Gasteiger partial charge in [0.1, 0.15) is 11.6 Å². The van der Waals surface area contributed by atoms with Gasteiger partial charge in [-0.05, 0) is 50.2 Å². The summed E-state index contributed by atoms with van der Waals surface area (Å²) < 4.78 is 12.0. The number of hydrogen-bond donors (Lipinski definition) is 0. The highest BCUT2D eigenvalue weighted by atomic mass is 28.4. The first-order valence-electron chi connectivity index (χ1n) is 8.95. The van der Waals surface area contributed by atoms with Crippen LogP contribution in [0, 0.1) is 17.2 Å². The van der Waals surface area contributed by atoms with E-state index in [9.17, 15) is 4.79 Å². The molecule has 24 heavy (non-hydrogen) atoms. The molecule has 1 rings (SSSR count). The Kier molecular flexibility index (Phi) is 7.24. The second-order valence-corrected chi connectivity index (χ2v) is 13.3. The molecule has 0 saturated heterocycles. The number of hydrogen-bond acceptors (Lipinski definition) is 4. The fourth-order valence-electron chi connectivity index (χ4n) is 2.93. The molecule has 3 atom stereocenters. The Morgan fingerprint density at radius 2 is 1.92 bits per heavy atom. The molecule has 0 N–H and O–H groups in total. The van der Waals surface area contributed by atoms with Gasteiger partial charge >= 0.3 is 5.97 Å². The van der Waals surface area contributed by atoms with Crippen LogP contribution < -0.4 is 0 Å². The van der Waals surface area contributed by atoms with Gasteiger partial charge in [0.15, 0.2) is 8.32 Å². The van der Waals surface area contributed by atoms with E-state index >= 15 is 0 Å². The molecular weight excluding hydrogens is 318 g/mol. The molecule has 5 heteroatoms. The molecule has 0 aromatic carbocycles. The normalized spacial score (nSPS) is 23.2. The third kappa shape index (κ3) is 5.75. The van der Waals surface area contributed by atoms with E-state index in [4.69, 9.17) is 14.4 Å². The lowest BCUT2D eigenvalue weighted by Crippen LogP contribution is -2.47. The standard InChI is InChI=1S/C19H33NO3Si/c1-14(13-20)18(21)22-15(2)12-16-10-8-9-11-17(16)23-24(6,7)19(3,4)5/h15-17H,1,8-12H2,2-7H3. The summed E-state index contributed by atoms with van der Waals surface area (Å²) in [6.07, 6.45) is 5.41. The molecule has 0 heterocycles. The van der Waals surface area contributed by atoms with Crippen molar-refractivity contribution in [2.24, 2.45) is 5.92 Å². The first-order chi connectivity index (χ1) is 11.0. The van der Waals surface area contributed by atoms with E-state index in [1.165, 1.54) is 12.8 Å². The van der Waals surface area contributed by atoms with Crippen molar-refractivity contribution in [3.05, 3.63) is 12.2 Å². The van der Waals surface area contributed by atoms with Gasteiger partial charge in [-0.3, -0.25) is 0 Å². The van der Waals surface area contributed by atoms with Crippen molar-refractivity contribution in [1.29, 1.82) is 5.26 Å². The Bertz CT molecular complexity index is 502. The largest absolute Gasteiger partial charge is 0.459 e. The highest BCUT2D eigenvalue weighted by molar-refractivity contribution is 6.74. The van der Waals surface area contributed by atoms with Crippen molar-refractivity contribution in [2.45, 2.75) is 90.1 Å². The summed E-state index contributed by atoms with van der Waals surface area (Å²) in [5.74, 6) is -0.200. The van der Waals surface area contributed by atoms with Crippen LogP contribution in [0.3, 0.4) is 0 Å². The molecule has 0 bridgehead atoms. The minimum Gasteiger partial charge on any atom is -0.459 e. The van der Waals surface area contributed by atoms with Gasteiger partial charge in [-0.15, -0.1) is 0 Å². The van der Waals surface area contributed by atoms with Gasteiger partial charge in [-0.1, -0.05) is 40.2 Å². The molecule has 1 aliphatic carbocycles. The Hall–Kier alpha value is -1.12. The first-order valence-corrected chi connectivity index (χ1v) is 11.9. The Balaban J connectivity index is 2.69. The quantitative estimate of drug-likeness (QED) is 0.293. The van der Waals surface area contributed by atoms with Crippen molar-refractivity contribution in [3.63, 3.8) is 0 Å². The first kappa shape index (κ1) is 20.9. The summed E-state index contributed by atoms with van der Waals surface area (Å²) in [7, 11) is -1.81. The van der Waals surface area contributed by atoms with E-state index in [-0.39, 0.29) is 22.8 Å². The highest BCUT2D eigenvalue weighted by Crippen LogP contribution is 2.41. The Morgan fingerprint density at radius 3 is 2.46 bits per heavy atom. The maximum absolute atomic E-state index is 11.7. The molecule has 1 saturated carbocycles. The molecular formula is C19H33NO3Si. The lowest BCUT2D eigenvalue weighted by atomic mass is 9.83. The van der Waals surface area contributed by atoms with Crippen LogP contribution in [0.15, 0.2) is 12.2 Å². The van der Waals surface area contributed by atoms with Gasteiger partial charge in [0.25, 0.3) is 0 Å². The summed E-state index contributed by atoms with van der Waals surface area (Å²) in [5, 5.41) is 8.91. The second kappa shape index (κ2) is 8.31. The SMILES string of the molecule is C=C(C#N)C(=O)OC(C)CC1CCCCC1O[Si](C)(C)C(C)(C)C. The predicted octanol–water partition coefficient (Wildman–Crippen LogP) is 4.97. The number of rotatable bonds is 6. The Morgan fingerprint density at radius 1 is 1.33 bits per heavy atom. The van der Waals surface area contributed by atoms with Crippen molar-refractivity contribution < 1.29 is 14.0 Å². The Labute approximate surface area is 148 Å². The third-order valence-corrected chi connectivity index (χ3v) is 9.92. The second-order valence-electron chi connectivity index (χ2n) is 8.50. The minimum atomic E-state index is -1.81. The third-order valence-electron chi connectivity index (χ3n) is 5.42. The zero-order chi connectivity index (χ0) is 18.5. The topological polar surface area (TPSA) is 59.3 Å². The maximum Gasteiger partial charge on any atom is 0.348 e. The summed E-state index contributed by atoms with van der Waals surface area (Å²) in [5.41, 5.74) is -0.139. The summed E-state index contributed by atoms with van der Waals surface area (Å²) in [4.78, 5) is 11.7. The average Bonchev–Trinajstić information content (AvgIpc) is 2.46. The molecule has 0 aromatic heterocycles. The molecule has 0 aromatic rings. The van der Waals surface area contributed by atoms with Gasteiger partial charge < -0.3 is 9.16 Å². The molecule has 0 spiro atoms. The summed E-state index contributed by atoms with van der Waals surface area (Å²) >= 11 is 0. The van der Waals surface area contributed by atoms with Crippen LogP contribution in [-0.2, 0) is 14.0 Å².